The number of anilines is 1. The third kappa shape index (κ3) is 2.34. The van der Waals surface area contributed by atoms with Gasteiger partial charge in [-0.3, -0.25) is 4.79 Å². The molecule has 0 fully saturated rings. The van der Waals surface area contributed by atoms with Gasteiger partial charge < -0.3 is 0 Å². The summed E-state index contributed by atoms with van der Waals surface area (Å²) in [5, 5.41) is 3.97. The molecule has 2 aromatic heterocycles. The first-order valence-electron chi connectivity index (χ1n) is 4.49. The maximum atomic E-state index is 11.4. The van der Waals surface area contributed by atoms with Crippen LogP contribution in [0, 0.1) is 0 Å². The van der Waals surface area contributed by atoms with Crippen LogP contribution in [-0.2, 0) is 5.88 Å². The maximum Gasteiger partial charge on any atom is 0.286 e. The van der Waals surface area contributed by atoms with Crippen LogP contribution in [0.5, 0.6) is 0 Å². The normalized spacial score (nSPS) is 10.1. The lowest BCUT2D eigenvalue weighted by Gasteiger charge is -2.06. The van der Waals surface area contributed by atoms with Crippen molar-refractivity contribution in [3.63, 3.8) is 0 Å². The number of hydrogen-bond acceptors (Lipinski definition) is 5. The van der Waals surface area contributed by atoms with E-state index in [-0.39, 0.29) is 11.4 Å². The number of hydrogen-bond donors (Lipinski definition) is 1. The van der Waals surface area contributed by atoms with Crippen LogP contribution in [0.25, 0.3) is 0 Å². The molecule has 0 saturated carbocycles. The smallest absolute Gasteiger partial charge is 0.266 e. The first kappa shape index (κ1) is 10.6. The second-order valence-corrected chi connectivity index (χ2v) is 3.16. The van der Waals surface area contributed by atoms with E-state index in [0.29, 0.717) is 11.6 Å². The Kier molecular flexibility index (Phi) is 3.11. The highest BCUT2D eigenvalue weighted by Crippen LogP contribution is 1.97. The Balaban J connectivity index is 2.31. The van der Waals surface area contributed by atoms with Gasteiger partial charge >= 0.3 is 0 Å². The summed E-state index contributed by atoms with van der Waals surface area (Å²) >= 11 is 5.62. The monoisotopic (exact) mass is 237 g/mol. The molecule has 0 radical (unpaired) electrons. The van der Waals surface area contributed by atoms with Gasteiger partial charge in [-0.1, -0.05) is 0 Å². The summed E-state index contributed by atoms with van der Waals surface area (Å²) in [6.45, 7) is 0. The number of nitrogens with one attached hydrogen (secondary N) is 1. The molecule has 0 spiro atoms. The van der Waals surface area contributed by atoms with Gasteiger partial charge in [0.2, 0.25) is 5.95 Å². The molecule has 0 aliphatic carbocycles. The van der Waals surface area contributed by atoms with Gasteiger partial charge in [0.15, 0.2) is 0 Å². The third-order valence-electron chi connectivity index (χ3n) is 1.76. The lowest BCUT2D eigenvalue weighted by atomic mass is 10.4. The molecule has 82 valence electrons. The minimum Gasteiger partial charge on any atom is -0.266 e. The van der Waals surface area contributed by atoms with Gasteiger partial charge in [-0.15, -0.1) is 16.4 Å². The third-order valence-corrected chi connectivity index (χ3v) is 2.04. The fourth-order valence-electron chi connectivity index (χ4n) is 1.05. The molecule has 0 aliphatic heterocycles. The van der Waals surface area contributed by atoms with Crippen molar-refractivity contribution in [2.75, 3.05) is 5.43 Å². The fourth-order valence-corrected chi connectivity index (χ4v) is 1.19. The summed E-state index contributed by atoms with van der Waals surface area (Å²) in [7, 11) is 0. The Labute approximate surface area is 95.9 Å². The Morgan fingerprint density at radius 2 is 2.06 bits per heavy atom. The van der Waals surface area contributed by atoms with Crippen LogP contribution in [0.2, 0.25) is 0 Å². The van der Waals surface area contributed by atoms with Crippen LogP contribution in [0.1, 0.15) is 5.69 Å². The van der Waals surface area contributed by atoms with Gasteiger partial charge in [0.1, 0.15) is 0 Å². The number of rotatable bonds is 3. The molecule has 2 rings (SSSR count). The van der Waals surface area contributed by atoms with E-state index < -0.39 is 0 Å². The van der Waals surface area contributed by atoms with E-state index >= 15 is 0 Å². The molecule has 2 heterocycles. The van der Waals surface area contributed by atoms with E-state index in [1.807, 2.05) is 0 Å². The highest BCUT2D eigenvalue weighted by molar-refractivity contribution is 6.16. The topological polar surface area (TPSA) is 72.7 Å². The summed E-state index contributed by atoms with van der Waals surface area (Å²) in [6.07, 6.45) is 3.12. The van der Waals surface area contributed by atoms with Crippen molar-refractivity contribution >= 4 is 17.5 Å². The molecule has 7 heteroatoms. The lowest BCUT2D eigenvalue weighted by Crippen LogP contribution is -2.29. The van der Waals surface area contributed by atoms with Gasteiger partial charge in [-0.05, 0) is 12.1 Å². The van der Waals surface area contributed by atoms with Gasteiger partial charge in [0.25, 0.3) is 5.56 Å². The zero-order chi connectivity index (χ0) is 11.4. The number of nitrogens with zero attached hydrogens (tertiary/aromatic N) is 4. The Morgan fingerprint density at radius 3 is 2.75 bits per heavy atom. The number of halogens is 1. The Morgan fingerprint density at radius 1 is 1.31 bits per heavy atom. The minimum absolute atomic E-state index is 0.234. The van der Waals surface area contributed by atoms with Crippen molar-refractivity contribution in [3.05, 3.63) is 46.6 Å². The number of aromatic nitrogens is 4. The molecule has 1 N–H and O–H groups in total. The highest BCUT2D eigenvalue weighted by Gasteiger charge is 2.01. The minimum atomic E-state index is -0.304. The predicted molar refractivity (Wildman–Crippen MR) is 59.1 cm³/mol. The van der Waals surface area contributed by atoms with Crippen LogP contribution in [0.15, 0.2) is 35.4 Å². The van der Waals surface area contributed by atoms with Gasteiger partial charge in [-0.2, -0.15) is 5.10 Å². The van der Waals surface area contributed by atoms with Crippen molar-refractivity contribution in [1.82, 2.24) is 19.9 Å². The van der Waals surface area contributed by atoms with E-state index in [1.54, 1.807) is 24.5 Å². The molecule has 0 bridgehead atoms. The highest BCUT2D eigenvalue weighted by atomic mass is 35.5. The van der Waals surface area contributed by atoms with Gasteiger partial charge in [0.05, 0.1) is 11.6 Å². The van der Waals surface area contributed by atoms with Crippen molar-refractivity contribution in [1.29, 1.82) is 0 Å². The van der Waals surface area contributed by atoms with E-state index in [4.69, 9.17) is 11.6 Å². The number of alkyl halides is 1. The molecular weight excluding hydrogens is 230 g/mol. The summed E-state index contributed by atoms with van der Waals surface area (Å²) in [4.78, 5) is 20.3. The Bertz CT molecular complexity index is 527. The summed E-state index contributed by atoms with van der Waals surface area (Å²) < 4.78 is 0. The van der Waals surface area contributed by atoms with Crippen molar-refractivity contribution in [2.45, 2.75) is 5.88 Å². The first-order chi connectivity index (χ1) is 7.79. The molecule has 0 atom stereocenters. The molecule has 2 aromatic rings. The zero-order valence-corrected chi connectivity index (χ0v) is 8.92. The predicted octanol–water partition coefficient (Wildman–Crippen LogP) is 0.647. The van der Waals surface area contributed by atoms with Crippen LogP contribution in [0.4, 0.5) is 5.95 Å². The maximum absolute atomic E-state index is 11.4. The zero-order valence-electron chi connectivity index (χ0n) is 8.17. The molecule has 0 aliphatic rings. The molecule has 0 unspecified atom stereocenters. The van der Waals surface area contributed by atoms with Crippen molar-refractivity contribution < 1.29 is 0 Å². The van der Waals surface area contributed by atoms with Crippen molar-refractivity contribution in [3.8, 4) is 0 Å². The van der Waals surface area contributed by atoms with E-state index in [2.05, 4.69) is 20.5 Å². The SMILES string of the molecule is O=c1ccc(CCl)nn1Nc1ncccn1. The summed E-state index contributed by atoms with van der Waals surface area (Å²) in [5.74, 6) is 0.529. The second kappa shape index (κ2) is 4.71. The molecule has 16 heavy (non-hydrogen) atoms. The quantitative estimate of drug-likeness (QED) is 0.794. The van der Waals surface area contributed by atoms with E-state index in [9.17, 15) is 4.79 Å². The standard InChI is InChI=1S/C9H8ClN5O/c10-6-7-2-3-8(16)15(13-7)14-9-11-4-1-5-12-9/h1-5H,6H2,(H,11,12,14). The molecule has 0 aromatic carbocycles. The van der Waals surface area contributed by atoms with E-state index in [1.165, 1.54) is 6.07 Å². The van der Waals surface area contributed by atoms with Crippen LogP contribution >= 0.6 is 11.6 Å². The molecule has 0 amide bonds. The molecule has 6 nitrogen and oxygen atoms in total. The second-order valence-electron chi connectivity index (χ2n) is 2.89. The summed E-state index contributed by atoms with van der Waals surface area (Å²) in [5.41, 5.74) is 2.94. The molecule has 0 saturated heterocycles. The lowest BCUT2D eigenvalue weighted by molar-refractivity contribution is 0.709. The average molecular weight is 238 g/mol. The largest absolute Gasteiger partial charge is 0.286 e. The van der Waals surface area contributed by atoms with E-state index in [0.717, 1.165) is 4.79 Å². The van der Waals surface area contributed by atoms with Crippen LogP contribution in [-0.4, -0.2) is 19.9 Å². The van der Waals surface area contributed by atoms with Crippen molar-refractivity contribution in [2.24, 2.45) is 0 Å². The van der Waals surface area contributed by atoms with Gasteiger partial charge in [0, 0.05) is 18.5 Å². The van der Waals surface area contributed by atoms with Crippen LogP contribution in [0.3, 0.4) is 0 Å². The summed E-state index contributed by atoms with van der Waals surface area (Å²) in [6, 6.07) is 4.62. The van der Waals surface area contributed by atoms with Gasteiger partial charge in [-0.25, -0.2) is 15.4 Å². The Hall–Kier alpha value is -1.95. The first-order valence-corrected chi connectivity index (χ1v) is 5.02. The fraction of sp³-hybridized carbons (Fsp3) is 0.111. The average Bonchev–Trinajstić information content (AvgIpc) is 2.33. The van der Waals surface area contributed by atoms with Crippen LogP contribution < -0.4 is 11.0 Å². The molecular formula is C9H8ClN5O.